The number of aliphatic hydroxyl groups excluding tert-OH is 1. The van der Waals surface area contributed by atoms with Crippen LogP contribution in [0.2, 0.25) is 0 Å². The van der Waals surface area contributed by atoms with Crippen LogP contribution in [0.3, 0.4) is 0 Å². The van der Waals surface area contributed by atoms with E-state index in [9.17, 15) is 5.11 Å². The van der Waals surface area contributed by atoms with Crippen LogP contribution in [0.15, 0.2) is 30.3 Å². The molecule has 0 saturated heterocycles. The highest BCUT2D eigenvalue weighted by molar-refractivity contribution is 5.51. The van der Waals surface area contributed by atoms with E-state index >= 15 is 0 Å². The Kier molecular flexibility index (Phi) is 2.89. The highest BCUT2D eigenvalue weighted by atomic mass is 16.3. The quantitative estimate of drug-likeness (QED) is 0.782. The van der Waals surface area contributed by atoms with Crippen molar-refractivity contribution in [3.63, 3.8) is 0 Å². The van der Waals surface area contributed by atoms with E-state index in [1.807, 2.05) is 12.2 Å². The van der Waals surface area contributed by atoms with Crippen LogP contribution in [0.25, 0.3) is 6.08 Å². The second kappa shape index (κ2) is 4.17. The van der Waals surface area contributed by atoms with Gasteiger partial charge in [-0.2, -0.15) is 0 Å². The normalized spacial score (nSPS) is 18.3. The van der Waals surface area contributed by atoms with E-state index in [2.05, 4.69) is 24.3 Å². The Morgan fingerprint density at radius 2 is 1.93 bits per heavy atom. The highest BCUT2D eigenvalue weighted by Crippen LogP contribution is 2.47. The minimum Gasteiger partial charge on any atom is -0.395 e. The molecule has 1 aliphatic rings. The van der Waals surface area contributed by atoms with Gasteiger partial charge in [0.2, 0.25) is 0 Å². The third-order valence-corrected chi connectivity index (χ3v) is 3.13. The van der Waals surface area contributed by atoms with Crippen LogP contribution in [0.1, 0.15) is 24.0 Å². The van der Waals surface area contributed by atoms with Crippen molar-refractivity contribution in [2.45, 2.75) is 18.3 Å². The molecule has 0 unspecified atom stereocenters. The fourth-order valence-corrected chi connectivity index (χ4v) is 1.84. The molecule has 0 aliphatic heterocycles. The molecular formula is C13H17NO. The van der Waals surface area contributed by atoms with Crippen LogP contribution in [0.5, 0.6) is 0 Å². The minimum atomic E-state index is 0.0795. The number of rotatable bonds is 4. The molecule has 0 amide bonds. The molecule has 1 aromatic rings. The first-order chi connectivity index (χ1) is 7.30. The second-order valence-electron chi connectivity index (χ2n) is 4.20. The molecule has 15 heavy (non-hydrogen) atoms. The third-order valence-electron chi connectivity index (χ3n) is 3.13. The van der Waals surface area contributed by atoms with Gasteiger partial charge in [0.05, 0.1) is 6.61 Å². The summed E-state index contributed by atoms with van der Waals surface area (Å²) < 4.78 is 0. The van der Waals surface area contributed by atoms with Gasteiger partial charge in [-0.15, -0.1) is 0 Å². The zero-order valence-corrected chi connectivity index (χ0v) is 8.82. The molecule has 1 saturated carbocycles. The van der Waals surface area contributed by atoms with Crippen LogP contribution >= 0.6 is 0 Å². The Bertz CT molecular complexity index is 349. The molecule has 1 fully saturated rings. The molecule has 0 bridgehead atoms. The summed E-state index contributed by atoms with van der Waals surface area (Å²) in [7, 11) is 0. The Hall–Kier alpha value is -1.12. The molecule has 3 N–H and O–H groups in total. The Labute approximate surface area is 90.4 Å². The zero-order valence-electron chi connectivity index (χ0n) is 8.82. The van der Waals surface area contributed by atoms with E-state index < -0.39 is 0 Å². The Morgan fingerprint density at radius 3 is 2.40 bits per heavy atom. The lowest BCUT2D eigenvalue weighted by Crippen LogP contribution is -2.11. The maximum atomic E-state index is 9.29. The summed E-state index contributed by atoms with van der Waals surface area (Å²) in [4.78, 5) is 0. The summed E-state index contributed by atoms with van der Waals surface area (Å²) >= 11 is 0. The van der Waals surface area contributed by atoms with Gasteiger partial charge in [-0.3, -0.25) is 0 Å². The van der Waals surface area contributed by atoms with E-state index in [0.717, 1.165) is 18.4 Å². The summed E-state index contributed by atoms with van der Waals surface area (Å²) in [6, 6.07) is 8.38. The van der Waals surface area contributed by atoms with Gasteiger partial charge in [0, 0.05) is 12.0 Å². The molecule has 2 heteroatoms. The molecule has 0 aromatic heterocycles. The maximum absolute atomic E-state index is 9.29. The van der Waals surface area contributed by atoms with Crippen LogP contribution in [-0.4, -0.2) is 18.3 Å². The van der Waals surface area contributed by atoms with Crippen LogP contribution in [0, 0.1) is 0 Å². The van der Waals surface area contributed by atoms with E-state index in [4.69, 9.17) is 5.73 Å². The summed E-state index contributed by atoms with van der Waals surface area (Å²) in [5, 5.41) is 9.29. The average molecular weight is 203 g/mol. The highest BCUT2D eigenvalue weighted by Gasteiger charge is 2.43. The zero-order chi connectivity index (χ0) is 10.7. The largest absolute Gasteiger partial charge is 0.395 e. The lowest BCUT2D eigenvalue weighted by Gasteiger charge is -2.11. The molecule has 2 rings (SSSR count). The van der Waals surface area contributed by atoms with Gasteiger partial charge < -0.3 is 10.8 Å². The lowest BCUT2D eigenvalue weighted by molar-refractivity contribution is 0.255. The molecular weight excluding hydrogens is 186 g/mol. The number of hydrogen-bond donors (Lipinski definition) is 2. The lowest BCUT2D eigenvalue weighted by atomic mass is 9.96. The van der Waals surface area contributed by atoms with Gasteiger partial charge in [-0.05, 0) is 24.0 Å². The van der Waals surface area contributed by atoms with Crippen LogP contribution < -0.4 is 5.73 Å². The van der Waals surface area contributed by atoms with Crippen molar-refractivity contribution in [2.75, 3.05) is 13.2 Å². The van der Waals surface area contributed by atoms with E-state index in [-0.39, 0.29) is 12.0 Å². The molecule has 1 aliphatic carbocycles. The van der Waals surface area contributed by atoms with Crippen LogP contribution in [-0.2, 0) is 5.41 Å². The van der Waals surface area contributed by atoms with Crippen molar-refractivity contribution in [2.24, 2.45) is 5.73 Å². The van der Waals surface area contributed by atoms with Gasteiger partial charge in [0.1, 0.15) is 0 Å². The van der Waals surface area contributed by atoms with Gasteiger partial charge in [0.15, 0.2) is 0 Å². The Morgan fingerprint density at radius 1 is 1.27 bits per heavy atom. The number of aliphatic hydroxyl groups is 1. The van der Waals surface area contributed by atoms with Gasteiger partial charge in [-0.25, -0.2) is 0 Å². The van der Waals surface area contributed by atoms with Gasteiger partial charge in [0.25, 0.3) is 0 Å². The van der Waals surface area contributed by atoms with Crippen molar-refractivity contribution in [3.05, 3.63) is 41.5 Å². The van der Waals surface area contributed by atoms with Crippen molar-refractivity contribution in [1.82, 2.24) is 0 Å². The first-order valence-corrected chi connectivity index (χ1v) is 5.39. The fourth-order valence-electron chi connectivity index (χ4n) is 1.84. The molecule has 80 valence electrons. The number of hydrogen-bond acceptors (Lipinski definition) is 2. The summed E-state index contributed by atoms with van der Waals surface area (Å²) in [5.74, 6) is 0. The summed E-state index contributed by atoms with van der Waals surface area (Å²) in [6.45, 7) is 0.841. The first-order valence-electron chi connectivity index (χ1n) is 5.39. The smallest absolute Gasteiger partial charge is 0.0527 e. The molecule has 0 atom stereocenters. The monoisotopic (exact) mass is 203 g/mol. The molecule has 0 spiro atoms. The second-order valence-corrected chi connectivity index (χ2v) is 4.20. The third kappa shape index (κ3) is 2.11. The topological polar surface area (TPSA) is 46.2 Å². The predicted octanol–water partition coefficient (Wildman–Crippen LogP) is 1.68. The minimum absolute atomic E-state index is 0.0795. The molecule has 0 radical (unpaired) electrons. The van der Waals surface area contributed by atoms with E-state index in [1.165, 1.54) is 5.56 Å². The molecule has 0 heterocycles. The fraction of sp³-hybridized carbons (Fsp3) is 0.385. The van der Waals surface area contributed by atoms with Gasteiger partial charge >= 0.3 is 0 Å². The molecule has 2 nitrogen and oxygen atoms in total. The number of nitrogens with two attached hydrogens (primary N) is 1. The first kappa shape index (κ1) is 10.4. The summed E-state index contributed by atoms with van der Waals surface area (Å²) in [5.41, 5.74) is 7.89. The van der Waals surface area contributed by atoms with E-state index in [1.54, 1.807) is 0 Å². The SMILES string of the molecule is NC/C=C/c1ccc(C2(CO)CC2)cc1. The van der Waals surface area contributed by atoms with Gasteiger partial charge in [-0.1, -0.05) is 36.4 Å². The van der Waals surface area contributed by atoms with Crippen molar-refractivity contribution < 1.29 is 5.11 Å². The average Bonchev–Trinajstić information content (AvgIpc) is 3.08. The Balaban J connectivity index is 2.14. The van der Waals surface area contributed by atoms with Crippen molar-refractivity contribution in [3.8, 4) is 0 Å². The van der Waals surface area contributed by atoms with Crippen molar-refractivity contribution in [1.29, 1.82) is 0 Å². The maximum Gasteiger partial charge on any atom is 0.0527 e. The van der Waals surface area contributed by atoms with Crippen LogP contribution in [0.4, 0.5) is 0 Å². The predicted molar refractivity (Wildman–Crippen MR) is 62.5 cm³/mol. The molecule has 1 aromatic carbocycles. The number of benzene rings is 1. The summed E-state index contributed by atoms with van der Waals surface area (Å²) in [6.07, 6.45) is 6.18. The van der Waals surface area contributed by atoms with E-state index in [0.29, 0.717) is 6.54 Å². The van der Waals surface area contributed by atoms with Crippen molar-refractivity contribution >= 4 is 6.08 Å². The standard InChI is InChI=1S/C13H17NO/c14-9-1-2-11-3-5-12(6-4-11)13(10-15)7-8-13/h1-6,15H,7-10,14H2/b2-1+.